The summed E-state index contributed by atoms with van der Waals surface area (Å²) in [4.78, 5) is -0.601. The zero-order chi connectivity index (χ0) is 11.5. The van der Waals surface area contributed by atoms with E-state index in [0.717, 1.165) is 0 Å². The monoisotopic (exact) mass is 226 g/mol. The number of alkyl halides is 1. The van der Waals surface area contributed by atoms with Crippen molar-refractivity contribution in [2.75, 3.05) is 7.11 Å². The van der Waals surface area contributed by atoms with Crippen LogP contribution in [0, 0.1) is 17.7 Å². The van der Waals surface area contributed by atoms with Gasteiger partial charge in [0.05, 0.1) is 12.0 Å². The molecule has 0 amide bonds. The van der Waals surface area contributed by atoms with Crippen LogP contribution in [-0.2, 0) is 0 Å². The molecule has 1 rings (SSSR count). The summed E-state index contributed by atoms with van der Waals surface area (Å²) >= 11 is 5.89. The van der Waals surface area contributed by atoms with Crippen LogP contribution < -0.4 is 4.74 Å². The fraction of sp³-hybridized carbons (Fsp3) is 0.333. The molecule has 3 heteroatoms. The first-order valence-corrected chi connectivity index (χ1v) is 4.86. The summed E-state index contributed by atoms with van der Waals surface area (Å²) in [5, 5.41) is 0. The fourth-order valence-corrected chi connectivity index (χ4v) is 1.01. The molecule has 1 aromatic carbocycles. The maximum atomic E-state index is 13.2. The molecule has 0 aromatic heterocycles. The highest BCUT2D eigenvalue weighted by Gasteiger charge is 2.07. The Hall–Kier alpha value is -1.20. The molecule has 0 atom stereocenters. The Bertz CT molecular complexity index is 410. The van der Waals surface area contributed by atoms with Gasteiger partial charge < -0.3 is 4.74 Å². The van der Waals surface area contributed by atoms with E-state index in [1.54, 1.807) is 26.0 Å². The smallest absolute Gasteiger partial charge is 0.166 e. The van der Waals surface area contributed by atoms with Gasteiger partial charge in [0, 0.05) is 5.56 Å². The van der Waals surface area contributed by atoms with Crippen molar-refractivity contribution >= 4 is 11.6 Å². The van der Waals surface area contributed by atoms with Gasteiger partial charge in [-0.05, 0) is 32.0 Å². The minimum atomic E-state index is -0.601. The van der Waals surface area contributed by atoms with Crippen molar-refractivity contribution in [2.24, 2.45) is 0 Å². The van der Waals surface area contributed by atoms with Gasteiger partial charge in [-0.3, -0.25) is 0 Å². The lowest BCUT2D eigenvalue weighted by Crippen LogP contribution is -2.04. The van der Waals surface area contributed by atoms with Crippen LogP contribution in [0.25, 0.3) is 0 Å². The Labute approximate surface area is 94.2 Å². The van der Waals surface area contributed by atoms with Gasteiger partial charge in [0.15, 0.2) is 11.6 Å². The molecule has 0 aliphatic carbocycles. The Morgan fingerprint density at radius 1 is 1.40 bits per heavy atom. The van der Waals surface area contributed by atoms with Gasteiger partial charge in [-0.2, -0.15) is 0 Å². The minimum Gasteiger partial charge on any atom is -0.494 e. The molecular formula is C12H12ClFO. The normalized spacial score (nSPS) is 10.5. The highest BCUT2D eigenvalue weighted by Crippen LogP contribution is 2.17. The molecule has 0 aliphatic heterocycles. The summed E-state index contributed by atoms with van der Waals surface area (Å²) < 4.78 is 18.0. The zero-order valence-electron chi connectivity index (χ0n) is 8.90. The van der Waals surface area contributed by atoms with E-state index in [-0.39, 0.29) is 5.75 Å². The Kier molecular flexibility index (Phi) is 3.60. The maximum absolute atomic E-state index is 13.2. The second-order valence-electron chi connectivity index (χ2n) is 3.57. The number of ether oxygens (including phenoxy) is 1. The van der Waals surface area contributed by atoms with Gasteiger partial charge in [0.1, 0.15) is 0 Å². The van der Waals surface area contributed by atoms with Crippen LogP contribution in [0.2, 0.25) is 0 Å². The zero-order valence-corrected chi connectivity index (χ0v) is 9.65. The van der Waals surface area contributed by atoms with Crippen molar-refractivity contribution in [3.8, 4) is 17.6 Å². The number of methoxy groups -OCH3 is 1. The molecule has 0 bridgehead atoms. The average Bonchev–Trinajstić information content (AvgIpc) is 2.14. The maximum Gasteiger partial charge on any atom is 0.166 e. The highest BCUT2D eigenvalue weighted by molar-refractivity contribution is 6.25. The highest BCUT2D eigenvalue weighted by atomic mass is 35.5. The third-order valence-corrected chi connectivity index (χ3v) is 1.75. The third kappa shape index (κ3) is 3.81. The molecule has 0 saturated heterocycles. The number of rotatable bonds is 1. The second kappa shape index (κ2) is 4.55. The summed E-state index contributed by atoms with van der Waals surface area (Å²) in [6.07, 6.45) is 0. The van der Waals surface area contributed by atoms with Crippen LogP contribution >= 0.6 is 11.6 Å². The number of benzene rings is 1. The minimum absolute atomic E-state index is 0.214. The van der Waals surface area contributed by atoms with E-state index < -0.39 is 10.7 Å². The molecular weight excluding hydrogens is 215 g/mol. The molecule has 1 aromatic rings. The van der Waals surface area contributed by atoms with Crippen molar-refractivity contribution in [1.82, 2.24) is 0 Å². The van der Waals surface area contributed by atoms with Crippen LogP contribution in [0.3, 0.4) is 0 Å². The molecule has 0 radical (unpaired) electrons. The van der Waals surface area contributed by atoms with Crippen LogP contribution in [-0.4, -0.2) is 12.0 Å². The van der Waals surface area contributed by atoms with Gasteiger partial charge >= 0.3 is 0 Å². The Morgan fingerprint density at radius 2 is 2.07 bits per heavy atom. The summed E-state index contributed by atoms with van der Waals surface area (Å²) in [6, 6.07) is 4.56. The SMILES string of the molecule is COc1ccc(C#CC(C)(C)Cl)cc1F. The first-order valence-electron chi connectivity index (χ1n) is 4.48. The van der Waals surface area contributed by atoms with Gasteiger partial charge in [-0.25, -0.2) is 4.39 Å². The van der Waals surface area contributed by atoms with Gasteiger partial charge in [0.25, 0.3) is 0 Å². The van der Waals surface area contributed by atoms with E-state index in [0.29, 0.717) is 5.56 Å². The van der Waals surface area contributed by atoms with Crippen molar-refractivity contribution in [1.29, 1.82) is 0 Å². The molecule has 0 N–H and O–H groups in total. The van der Waals surface area contributed by atoms with Crippen molar-refractivity contribution in [2.45, 2.75) is 18.7 Å². The fourth-order valence-electron chi connectivity index (χ4n) is 0.965. The van der Waals surface area contributed by atoms with Crippen LogP contribution in [0.4, 0.5) is 4.39 Å². The lowest BCUT2D eigenvalue weighted by Gasteiger charge is -2.04. The lowest BCUT2D eigenvalue weighted by molar-refractivity contribution is 0.386. The molecule has 80 valence electrons. The molecule has 1 nitrogen and oxygen atoms in total. The van der Waals surface area contributed by atoms with Crippen LogP contribution in [0.1, 0.15) is 19.4 Å². The molecule has 0 saturated carbocycles. The summed E-state index contributed by atoms with van der Waals surface area (Å²) in [5.74, 6) is 5.40. The Balaban J connectivity index is 2.97. The first-order chi connectivity index (χ1) is 6.92. The van der Waals surface area contributed by atoms with Crippen molar-refractivity contribution < 1.29 is 9.13 Å². The van der Waals surface area contributed by atoms with Crippen LogP contribution in [0.15, 0.2) is 18.2 Å². The molecule has 0 unspecified atom stereocenters. The summed E-state index contributed by atoms with van der Waals surface area (Å²) in [6.45, 7) is 3.56. The largest absolute Gasteiger partial charge is 0.494 e. The molecule has 0 spiro atoms. The third-order valence-electron chi connectivity index (χ3n) is 1.66. The average molecular weight is 227 g/mol. The second-order valence-corrected chi connectivity index (χ2v) is 4.52. The first kappa shape index (κ1) is 11.9. The molecule has 0 fully saturated rings. The number of halogens is 2. The van der Waals surface area contributed by atoms with E-state index in [1.807, 2.05) is 0 Å². The standard InChI is InChI=1S/C12H12ClFO/c1-12(2,13)7-6-9-4-5-11(15-3)10(14)8-9/h4-5,8H,1-3H3. The lowest BCUT2D eigenvalue weighted by atomic mass is 10.1. The van der Waals surface area contributed by atoms with E-state index in [9.17, 15) is 4.39 Å². The van der Waals surface area contributed by atoms with Crippen LogP contribution in [0.5, 0.6) is 5.75 Å². The van der Waals surface area contributed by atoms with Crippen molar-refractivity contribution in [3.63, 3.8) is 0 Å². The van der Waals surface area contributed by atoms with Gasteiger partial charge in [-0.1, -0.05) is 11.8 Å². The quantitative estimate of drug-likeness (QED) is 0.528. The topological polar surface area (TPSA) is 9.23 Å². The predicted octanol–water partition coefficient (Wildman–Crippen LogP) is 3.20. The molecule has 0 aliphatic rings. The van der Waals surface area contributed by atoms with Gasteiger partial charge in [0.2, 0.25) is 0 Å². The van der Waals surface area contributed by atoms with Gasteiger partial charge in [-0.15, -0.1) is 11.6 Å². The number of hydrogen-bond donors (Lipinski definition) is 0. The summed E-state index contributed by atoms with van der Waals surface area (Å²) in [5.41, 5.74) is 0.585. The van der Waals surface area contributed by atoms with Crippen molar-refractivity contribution in [3.05, 3.63) is 29.6 Å². The van der Waals surface area contributed by atoms with E-state index >= 15 is 0 Å². The predicted molar refractivity (Wildman–Crippen MR) is 59.8 cm³/mol. The number of hydrogen-bond acceptors (Lipinski definition) is 1. The van der Waals surface area contributed by atoms with E-state index in [2.05, 4.69) is 11.8 Å². The van der Waals surface area contributed by atoms with E-state index in [4.69, 9.17) is 16.3 Å². The molecule has 15 heavy (non-hydrogen) atoms. The summed E-state index contributed by atoms with van der Waals surface area (Å²) in [7, 11) is 1.42. The van der Waals surface area contributed by atoms with E-state index in [1.165, 1.54) is 13.2 Å². The molecule has 0 heterocycles. The Morgan fingerprint density at radius 3 is 2.53 bits per heavy atom.